The Bertz CT molecular complexity index is 804. The number of hydrogen-bond acceptors (Lipinski definition) is 6. The summed E-state index contributed by atoms with van der Waals surface area (Å²) in [5, 5.41) is 0. The van der Waals surface area contributed by atoms with Crippen molar-refractivity contribution in [1.82, 2.24) is 4.31 Å². The highest BCUT2D eigenvalue weighted by atomic mass is 32.2. The molecule has 25 heavy (non-hydrogen) atoms. The SMILES string of the molecule is CCCCN([C@H]1CCS(=O)(=O)C1)S(=O)(=O)c1cc(OC)ccc1OC. The van der Waals surface area contributed by atoms with Gasteiger partial charge in [-0.05, 0) is 25.0 Å². The van der Waals surface area contributed by atoms with Gasteiger partial charge >= 0.3 is 0 Å². The fourth-order valence-electron chi connectivity index (χ4n) is 2.93. The van der Waals surface area contributed by atoms with Crippen molar-refractivity contribution in [2.45, 2.75) is 37.1 Å². The molecule has 1 aromatic carbocycles. The molecule has 1 atom stereocenters. The van der Waals surface area contributed by atoms with E-state index in [1.54, 1.807) is 6.07 Å². The number of benzene rings is 1. The van der Waals surface area contributed by atoms with Gasteiger partial charge in [-0.1, -0.05) is 13.3 Å². The van der Waals surface area contributed by atoms with Gasteiger partial charge in [-0.2, -0.15) is 4.31 Å². The molecule has 9 heteroatoms. The molecule has 1 heterocycles. The third kappa shape index (κ3) is 4.45. The van der Waals surface area contributed by atoms with Gasteiger partial charge in [-0.3, -0.25) is 0 Å². The van der Waals surface area contributed by atoms with Crippen LogP contribution in [0.3, 0.4) is 0 Å². The smallest absolute Gasteiger partial charge is 0.247 e. The molecule has 0 amide bonds. The van der Waals surface area contributed by atoms with E-state index in [1.807, 2.05) is 6.92 Å². The van der Waals surface area contributed by atoms with E-state index in [0.29, 0.717) is 18.6 Å². The zero-order chi connectivity index (χ0) is 18.7. The second-order valence-corrected chi connectivity index (χ2v) is 10.1. The van der Waals surface area contributed by atoms with E-state index >= 15 is 0 Å². The summed E-state index contributed by atoms with van der Waals surface area (Å²) in [6.07, 6.45) is 1.78. The summed E-state index contributed by atoms with van der Waals surface area (Å²) in [5.74, 6) is 0.491. The molecule has 0 spiro atoms. The number of hydrogen-bond donors (Lipinski definition) is 0. The standard InChI is InChI=1S/C16H25NO6S2/c1-4-5-9-17(13-8-10-24(18,19)12-13)25(20,21)16-11-14(22-2)6-7-15(16)23-3/h6-7,11,13H,4-5,8-10,12H2,1-3H3/t13-/m0/s1. The number of sulfone groups is 1. The Hall–Kier alpha value is -1.32. The Morgan fingerprint density at radius 1 is 1.24 bits per heavy atom. The molecule has 1 fully saturated rings. The fraction of sp³-hybridized carbons (Fsp3) is 0.625. The maximum atomic E-state index is 13.3. The predicted molar refractivity (Wildman–Crippen MR) is 95.4 cm³/mol. The van der Waals surface area contributed by atoms with Crippen LogP contribution in [0.1, 0.15) is 26.2 Å². The lowest BCUT2D eigenvalue weighted by Crippen LogP contribution is -2.41. The number of unbranched alkanes of at least 4 members (excludes halogenated alkanes) is 1. The summed E-state index contributed by atoms with van der Waals surface area (Å²) in [5.41, 5.74) is 0. The van der Waals surface area contributed by atoms with Crippen molar-refractivity contribution in [1.29, 1.82) is 0 Å². The maximum Gasteiger partial charge on any atom is 0.247 e. The van der Waals surface area contributed by atoms with Crippen LogP contribution in [0.4, 0.5) is 0 Å². The van der Waals surface area contributed by atoms with Crippen molar-refractivity contribution in [2.75, 3.05) is 32.3 Å². The van der Waals surface area contributed by atoms with E-state index in [-0.39, 0.29) is 28.7 Å². The lowest BCUT2D eigenvalue weighted by atomic mass is 10.2. The summed E-state index contributed by atoms with van der Waals surface area (Å²) < 4.78 is 61.9. The molecule has 7 nitrogen and oxygen atoms in total. The molecule has 0 bridgehead atoms. The molecule has 142 valence electrons. The molecular formula is C16H25NO6S2. The minimum absolute atomic E-state index is 0.00486. The van der Waals surface area contributed by atoms with Crippen molar-refractivity contribution in [2.24, 2.45) is 0 Å². The van der Waals surface area contributed by atoms with E-state index in [0.717, 1.165) is 6.42 Å². The van der Waals surface area contributed by atoms with E-state index < -0.39 is 25.9 Å². The van der Waals surface area contributed by atoms with Crippen LogP contribution >= 0.6 is 0 Å². The zero-order valence-corrected chi connectivity index (χ0v) is 16.4. The van der Waals surface area contributed by atoms with Gasteiger partial charge in [0.2, 0.25) is 10.0 Å². The second kappa shape index (κ2) is 7.92. The first kappa shape index (κ1) is 20.0. The van der Waals surface area contributed by atoms with Crippen LogP contribution in [0.2, 0.25) is 0 Å². The molecule has 0 aromatic heterocycles. The lowest BCUT2D eigenvalue weighted by Gasteiger charge is -2.28. The van der Waals surface area contributed by atoms with Crippen molar-refractivity contribution < 1.29 is 26.3 Å². The summed E-state index contributed by atoms with van der Waals surface area (Å²) in [6.45, 7) is 2.24. The number of methoxy groups -OCH3 is 2. The first-order chi connectivity index (χ1) is 11.7. The molecule has 1 saturated heterocycles. The van der Waals surface area contributed by atoms with Gasteiger partial charge in [-0.15, -0.1) is 0 Å². The number of nitrogens with zero attached hydrogens (tertiary/aromatic N) is 1. The average Bonchev–Trinajstić information content (AvgIpc) is 2.94. The Labute approximate surface area is 149 Å². The Morgan fingerprint density at radius 3 is 2.48 bits per heavy atom. The van der Waals surface area contributed by atoms with Crippen molar-refractivity contribution in [3.05, 3.63) is 18.2 Å². The molecule has 1 aliphatic rings. The van der Waals surface area contributed by atoms with Crippen molar-refractivity contribution >= 4 is 19.9 Å². The predicted octanol–water partition coefficient (Wildman–Crippen LogP) is 1.68. The summed E-state index contributed by atoms with van der Waals surface area (Å²) in [4.78, 5) is -0.00486. The van der Waals surface area contributed by atoms with Gasteiger partial charge in [-0.25, -0.2) is 16.8 Å². The average molecular weight is 392 g/mol. The molecule has 0 radical (unpaired) electrons. The quantitative estimate of drug-likeness (QED) is 0.670. The van der Waals surface area contributed by atoms with Gasteiger partial charge in [0.25, 0.3) is 0 Å². The first-order valence-electron chi connectivity index (χ1n) is 8.19. The zero-order valence-electron chi connectivity index (χ0n) is 14.8. The minimum Gasteiger partial charge on any atom is -0.497 e. The molecule has 2 rings (SSSR count). The number of ether oxygens (including phenoxy) is 2. The molecular weight excluding hydrogens is 366 g/mol. The Balaban J connectivity index is 2.48. The van der Waals surface area contributed by atoms with Crippen LogP contribution in [-0.4, -0.2) is 59.5 Å². The number of rotatable bonds is 8. The molecule has 0 N–H and O–H groups in total. The normalized spacial score (nSPS) is 19.9. The third-order valence-electron chi connectivity index (χ3n) is 4.31. The van der Waals surface area contributed by atoms with Gasteiger partial charge in [0.15, 0.2) is 9.84 Å². The van der Waals surface area contributed by atoms with Crippen molar-refractivity contribution in [3.8, 4) is 11.5 Å². The Kier molecular flexibility index (Phi) is 6.34. The molecule has 1 aliphatic heterocycles. The highest BCUT2D eigenvalue weighted by Gasteiger charge is 2.39. The molecule has 0 aliphatic carbocycles. The fourth-order valence-corrected chi connectivity index (χ4v) is 6.62. The van der Waals surface area contributed by atoms with Gasteiger partial charge < -0.3 is 9.47 Å². The van der Waals surface area contributed by atoms with Gasteiger partial charge in [0.1, 0.15) is 16.4 Å². The van der Waals surface area contributed by atoms with E-state index in [2.05, 4.69) is 0 Å². The highest BCUT2D eigenvalue weighted by molar-refractivity contribution is 7.92. The van der Waals surface area contributed by atoms with Crippen LogP contribution < -0.4 is 9.47 Å². The van der Waals surface area contributed by atoms with E-state index in [9.17, 15) is 16.8 Å². The van der Waals surface area contributed by atoms with Gasteiger partial charge in [0, 0.05) is 18.7 Å². The van der Waals surface area contributed by atoms with Gasteiger partial charge in [0.05, 0.1) is 25.7 Å². The lowest BCUT2D eigenvalue weighted by molar-refractivity contribution is 0.331. The maximum absolute atomic E-state index is 13.3. The summed E-state index contributed by atoms with van der Waals surface area (Å²) >= 11 is 0. The van der Waals surface area contributed by atoms with Crippen LogP contribution in [0.15, 0.2) is 23.1 Å². The van der Waals surface area contributed by atoms with Crippen molar-refractivity contribution in [3.63, 3.8) is 0 Å². The Morgan fingerprint density at radius 2 is 1.96 bits per heavy atom. The first-order valence-corrected chi connectivity index (χ1v) is 11.5. The summed E-state index contributed by atoms with van der Waals surface area (Å²) in [6, 6.07) is 4.03. The van der Waals surface area contributed by atoms with Crippen LogP contribution in [0.25, 0.3) is 0 Å². The topological polar surface area (TPSA) is 90.0 Å². The van der Waals surface area contributed by atoms with Crippen LogP contribution in [0.5, 0.6) is 11.5 Å². The third-order valence-corrected chi connectivity index (χ3v) is 8.03. The van der Waals surface area contributed by atoms with Crippen LogP contribution in [-0.2, 0) is 19.9 Å². The molecule has 1 aromatic rings. The number of sulfonamides is 1. The monoisotopic (exact) mass is 391 g/mol. The summed E-state index contributed by atoms with van der Waals surface area (Å²) in [7, 11) is -4.26. The van der Waals surface area contributed by atoms with E-state index in [1.165, 1.54) is 30.7 Å². The van der Waals surface area contributed by atoms with Crippen LogP contribution in [0, 0.1) is 0 Å². The minimum atomic E-state index is -3.92. The molecule has 0 unspecified atom stereocenters. The largest absolute Gasteiger partial charge is 0.497 e. The van der Waals surface area contributed by atoms with E-state index in [4.69, 9.17) is 9.47 Å². The second-order valence-electron chi connectivity index (χ2n) is 6.04. The molecule has 0 saturated carbocycles. The highest BCUT2D eigenvalue weighted by Crippen LogP contribution is 2.33.